The van der Waals surface area contributed by atoms with Gasteiger partial charge >= 0.3 is 6.01 Å². The van der Waals surface area contributed by atoms with Gasteiger partial charge in [-0.25, -0.2) is 13.8 Å². The molecule has 5 atom stereocenters. The van der Waals surface area contributed by atoms with Crippen LogP contribution in [0.3, 0.4) is 0 Å². The Kier molecular flexibility index (Phi) is 8.39. The Morgan fingerprint density at radius 1 is 1.11 bits per heavy atom. The van der Waals surface area contributed by atoms with Crippen LogP contribution in [0.2, 0.25) is 0 Å². The van der Waals surface area contributed by atoms with E-state index in [4.69, 9.17) is 38.1 Å². The lowest BCUT2D eigenvalue weighted by Crippen LogP contribution is -2.59. The Hall–Kier alpha value is -5.05. The summed E-state index contributed by atoms with van der Waals surface area (Å²) in [5.41, 5.74) is -0.273. The highest BCUT2D eigenvalue weighted by atomic mass is 32.1. The fourth-order valence-corrected chi connectivity index (χ4v) is 9.49. The molecule has 9 rings (SSSR count). The van der Waals surface area contributed by atoms with Crippen LogP contribution in [-0.4, -0.2) is 99.5 Å². The number of terminal acetylenes is 1. The number of pyridine rings is 1. The summed E-state index contributed by atoms with van der Waals surface area (Å²) in [6, 6.07) is 7.28. The molecule has 2 N–H and O–H groups in total. The zero-order chi connectivity index (χ0) is 37.5. The number of phenols is 1. The monoisotopic (exact) mass is 750 g/mol. The highest BCUT2D eigenvalue weighted by Crippen LogP contribution is 2.51. The number of hydrogen-bond donors (Lipinski definition) is 2. The number of methoxy groups -OCH3 is 1. The van der Waals surface area contributed by atoms with Crippen molar-refractivity contribution in [3.05, 3.63) is 41.5 Å². The molecule has 278 valence electrons. The third-order valence-corrected chi connectivity index (χ3v) is 12.3. The molecule has 5 unspecified atom stereocenters. The number of anilines is 1. The molecule has 2 saturated carbocycles. The Balaban J connectivity index is 1.14. The second-order valence-electron chi connectivity index (χ2n) is 15.7. The first-order valence-electron chi connectivity index (χ1n) is 18.5. The summed E-state index contributed by atoms with van der Waals surface area (Å²) in [6.45, 7) is 6.44. The number of ether oxygens (including phenoxy) is 2. The molecule has 5 fully saturated rings. The number of nitriles is 1. The van der Waals surface area contributed by atoms with E-state index in [2.05, 4.69) is 37.0 Å². The third kappa shape index (κ3) is 5.96. The minimum atomic E-state index is -0.812. The van der Waals surface area contributed by atoms with E-state index < -0.39 is 17.7 Å². The van der Waals surface area contributed by atoms with Crippen molar-refractivity contribution in [3.63, 3.8) is 0 Å². The number of rotatable bonds is 9. The minimum absolute atomic E-state index is 0.000923. The molecule has 5 aliphatic rings. The van der Waals surface area contributed by atoms with Crippen LogP contribution in [0.1, 0.15) is 44.6 Å². The predicted octanol–water partition coefficient (Wildman–Crippen LogP) is 5.37. The van der Waals surface area contributed by atoms with Crippen molar-refractivity contribution in [2.24, 2.45) is 17.3 Å². The first kappa shape index (κ1) is 34.7. The smallest absolute Gasteiger partial charge is 0.319 e. The summed E-state index contributed by atoms with van der Waals surface area (Å²) in [5, 5.41) is 24.7. The van der Waals surface area contributed by atoms with Gasteiger partial charge in [0, 0.05) is 61.2 Å². The zero-order valence-electron chi connectivity index (χ0n) is 30.1. The largest absolute Gasteiger partial charge is 0.508 e. The number of phenolic OH excluding ortho intramolecular Hbond substituents is 1. The molecule has 5 heterocycles. The highest BCUT2D eigenvalue weighted by molar-refractivity contribution is 7.80. The number of aromatic hydroxyl groups is 1. The number of nitrogens with zero attached hydrogens (tertiary/aromatic N) is 7. The maximum absolute atomic E-state index is 17.3. The summed E-state index contributed by atoms with van der Waals surface area (Å²) in [4.78, 5) is 21.1. The number of likely N-dealkylation sites (tertiary alicyclic amines) is 1. The molecular weight excluding hydrogens is 711 g/mol. The number of nitrogens with one attached hydrogen (secondary N) is 1. The molecule has 2 aromatic carbocycles. The van der Waals surface area contributed by atoms with E-state index in [0.29, 0.717) is 36.0 Å². The average Bonchev–Trinajstić information content (AvgIpc) is 4.05. The van der Waals surface area contributed by atoms with Gasteiger partial charge in [-0.2, -0.15) is 15.2 Å². The first-order chi connectivity index (χ1) is 26.1. The lowest BCUT2D eigenvalue weighted by molar-refractivity contribution is 0.163. The number of thiocarbonyl (C=S) groups is 1. The number of piperidine rings is 1. The van der Waals surface area contributed by atoms with Crippen LogP contribution >= 0.6 is 12.2 Å². The Morgan fingerprint density at radius 3 is 2.52 bits per heavy atom. The molecule has 54 heavy (non-hydrogen) atoms. The molecule has 0 amide bonds. The van der Waals surface area contributed by atoms with Crippen LogP contribution in [0.15, 0.2) is 24.3 Å². The average molecular weight is 751 g/mol. The number of benzene rings is 2. The normalized spacial score (nSPS) is 24.2. The molecule has 14 heteroatoms. The van der Waals surface area contributed by atoms with Gasteiger partial charge in [-0.1, -0.05) is 12.0 Å². The molecule has 2 aliphatic carbocycles. The van der Waals surface area contributed by atoms with Crippen molar-refractivity contribution < 1.29 is 23.4 Å². The number of fused-ring (bicyclic) bond motifs is 5. The molecule has 3 saturated heterocycles. The maximum Gasteiger partial charge on any atom is 0.319 e. The SMILES string of the molecule is C#Cc1c(F)ccc2cc(O)cc(-c3nc(OC)c4c(N5CC6CCC(C5)N6C(=S)NC(C)C#N)nc(OCC5(CN6CC7CC7C6)CC5)nc4c3F)c12. The maximum atomic E-state index is 17.3. The van der Waals surface area contributed by atoms with E-state index in [9.17, 15) is 10.4 Å². The van der Waals surface area contributed by atoms with E-state index in [-0.39, 0.29) is 68.2 Å². The van der Waals surface area contributed by atoms with E-state index in [1.807, 2.05) is 0 Å². The summed E-state index contributed by atoms with van der Waals surface area (Å²) in [6.07, 6.45) is 10.9. The van der Waals surface area contributed by atoms with Crippen LogP contribution in [-0.2, 0) is 0 Å². The Bertz CT molecular complexity index is 2280. The van der Waals surface area contributed by atoms with E-state index in [1.54, 1.807) is 6.92 Å². The number of piperazine rings is 1. The number of hydrogen-bond acceptors (Lipinski definition) is 10. The first-order valence-corrected chi connectivity index (χ1v) is 19.0. The second-order valence-corrected chi connectivity index (χ2v) is 16.1. The standard InChI is InChI=1S/C40H40F2N8O3S/c1-4-28-30(41)8-5-22-12-27(51)13-29(31(22)28)34-33(42)35-32(37(45-34)52-3)36(49-17-25-6-7-26(18-49)50(25)39(54)44-21(2)14-43)47-38(46-35)53-20-40(9-10-40)19-48-15-23-11-24(23)16-48/h1,5,8,12-13,21,23-26,51H,6-7,9-11,15-20H2,2-3H3,(H,44,54). The van der Waals surface area contributed by atoms with Gasteiger partial charge in [-0.3, -0.25) is 0 Å². The molecule has 3 aliphatic heterocycles. The van der Waals surface area contributed by atoms with Gasteiger partial charge in [0.2, 0.25) is 5.88 Å². The van der Waals surface area contributed by atoms with Crippen molar-refractivity contribution in [1.82, 2.24) is 30.1 Å². The second kappa shape index (κ2) is 13.1. The third-order valence-electron chi connectivity index (χ3n) is 12.0. The lowest BCUT2D eigenvalue weighted by Gasteiger charge is -2.43. The fraction of sp³-hybridized carbons (Fsp3) is 0.475. The van der Waals surface area contributed by atoms with Crippen LogP contribution < -0.4 is 19.7 Å². The zero-order valence-corrected chi connectivity index (χ0v) is 30.9. The predicted molar refractivity (Wildman–Crippen MR) is 203 cm³/mol. The lowest BCUT2D eigenvalue weighted by atomic mass is 9.95. The molecule has 11 nitrogen and oxygen atoms in total. The van der Waals surface area contributed by atoms with E-state index in [0.717, 1.165) is 57.2 Å². The van der Waals surface area contributed by atoms with Gasteiger partial charge in [0.15, 0.2) is 10.9 Å². The number of aromatic nitrogens is 3. The number of halogens is 2. The van der Waals surface area contributed by atoms with Crippen molar-refractivity contribution in [2.45, 2.75) is 57.2 Å². The van der Waals surface area contributed by atoms with Crippen molar-refractivity contribution >= 4 is 44.8 Å². The van der Waals surface area contributed by atoms with Crippen LogP contribution in [0.4, 0.5) is 14.6 Å². The summed E-state index contributed by atoms with van der Waals surface area (Å²) in [7, 11) is 1.44. The van der Waals surface area contributed by atoms with Crippen molar-refractivity contribution in [1.29, 1.82) is 5.26 Å². The molecule has 2 aromatic heterocycles. The fourth-order valence-electron chi connectivity index (χ4n) is 9.02. The summed E-state index contributed by atoms with van der Waals surface area (Å²) >= 11 is 5.75. The van der Waals surface area contributed by atoms with Gasteiger partial charge < -0.3 is 34.6 Å². The van der Waals surface area contributed by atoms with Crippen molar-refractivity contribution in [2.75, 3.05) is 51.3 Å². The Morgan fingerprint density at radius 2 is 1.85 bits per heavy atom. The van der Waals surface area contributed by atoms with Gasteiger partial charge in [-0.05, 0) is 86.7 Å². The molecule has 2 bridgehead atoms. The van der Waals surface area contributed by atoms with Gasteiger partial charge in [0.1, 0.15) is 40.0 Å². The van der Waals surface area contributed by atoms with Gasteiger partial charge in [0.25, 0.3) is 0 Å². The topological polar surface area (TPSA) is 123 Å². The molecule has 0 radical (unpaired) electrons. The van der Waals surface area contributed by atoms with E-state index >= 15 is 8.78 Å². The summed E-state index contributed by atoms with van der Waals surface area (Å²) < 4.78 is 44.7. The quantitative estimate of drug-likeness (QED) is 0.169. The van der Waals surface area contributed by atoms with Gasteiger partial charge in [-0.15, -0.1) is 6.42 Å². The molecule has 0 spiro atoms. The van der Waals surface area contributed by atoms with Crippen LogP contribution in [0.5, 0.6) is 17.6 Å². The van der Waals surface area contributed by atoms with E-state index in [1.165, 1.54) is 37.8 Å². The van der Waals surface area contributed by atoms with Gasteiger partial charge in [0.05, 0.1) is 25.3 Å². The minimum Gasteiger partial charge on any atom is -0.508 e. The van der Waals surface area contributed by atoms with Crippen LogP contribution in [0, 0.1) is 52.6 Å². The van der Waals surface area contributed by atoms with Crippen molar-refractivity contribution in [3.8, 4) is 47.3 Å². The Labute approximate surface area is 317 Å². The molecule has 4 aromatic rings. The van der Waals surface area contributed by atoms with Crippen LogP contribution in [0.25, 0.3) is 32.9 Å². The molecular formula is C40H40F2N8O3S. The summed E-state index contributed by atoms with van der Waals surface area (Å²) in [5.74, 6) is 2.90. The highest BCUT2D eigenvalue weighted by Gasteiger charge is 2.51.